The number of hydrogen-bond acceptors (Lipinski definition) is 4. The van der Waals surface area contributed by atoms with E-state index >= 15 is 0 Å². The van der Waals surface area contributed by atoms with Crippen LogP contribution in [-0.4, -0.2) is 14.5 Å². The Balaban J connectivity index is 1.21. The molecule has 9 aromatic rings. The van der Waals surface area contributed by atoms with Gasteiger partial charge in [-0.2, -0.15) is 0 Å². The molecule has 2 aliphatic carbocycles. The van der Waals surface area contributed by atoms with Crippen LogP contribution in [0.25, 0.3) is 74.7 Å². The molecule has 3 nitrogen and oxygen atoms in total. The predicted octanol–water partition coefficient (Wildman–Crippen LogP) is 12.1. The second kappa shape index (κ2) is 10.4. The monoisotopic (exact) mass is 661 g/mol. The molecule has 2 unspecified atom stereocenters. The van der Waals surface area contributed by atoms with Crippen molar-refractivity contribution in [3.8, 4) is 16.9 Å². The van der Waals surface area contributed by atoms with Gasteiger partial charge in [0.1, 0.15) is 0 Å². The molecule has 0 radical (unpaired) electrons. The van der Waals surface area contributed by atoms with Gasteiger partial charge in [0.15, 0.2) is 5.82 Å². The highest BCUT2D eigenvalue weighted by Crippen LogP contribution is 2.52. The fourth-order valence-electron chi connectivity index (χ4n) is 8.03. The summed E-state index contributed by atoms with van der Waals surface area (Å²) in [5.41, 5.74) is 9.31. The first kappa shape index (κ1) is 27.3. The summed E-state index contributed by atoms with van der Waals surface area (Å²) in [6.07, 6.45) is 11.5. The zero-order valence-corrected chi connectivity index (χ0v) is 27.9. The fraction of sp³-hybridized carbons (Fsp3) is 0.0455. The van der Waals surface area contributed by atoms with Gasteiger partial charge in [0.2, 0.25) is 0 Å². The zero-order chi connectivity index (χ0) is 32.1. The van der Waals surface area contributed by atoms with Gasteiger partial charge in [0, 0.05) is 48.7 Å². The Morgan fingerprint density at radius 1 is 0.571 bits per heavy atom. The third kappa shape index (κ3) is 3.94. The first-order chi connectivity index (χ1) is 24.3. The van der Waals surface area contributed by atoms with E-state index in [4.69, 9.17) is 9.97 Å². The number of thiophene rings is 2. The van der Waals surface area contributed by atoms with Crippen LogP contribution in [0.2, 0.25) is 0 Å². The molecule has 5 aromatic carbocycles. The smallest absolute Gasteiger partial charge is 0.161 e. The third-order valence-electron chi connectivity index (χ3n) is 10.2. The van der Waals surface area contributed by atoms with Gasteiger partial charge in [-0.25, -0.2) is 9.97 Å². The first-order valence-electron chi connectivity index (χ1n) is 16.7. The van der Waals surface area contributed by atoms with Crippen LogP contribution in [0.3, 0.4) is 0 Å². The summed E-state index contributed by atoms with van der Waals surface area (Å²) >= 11 is 3.67. The molecule has 4 heterocycles. The second-order valence-electron chi connectivity index (χ2n) is 12.9. The minimum atomic E-state index is 0.223. The van der Waals surface area contributed by atoms with Gasteiger partial charge in [-0.3, -0.25) is 0 Å². The van der Waals surface area contributed by atoms with E-state index in [2.05, 4.69) is 156 Å². The molecule has 0 saturated heterocycles. The molecule has 0 saturated carbocycles. The van der Waals surface area contributed by atoms with Gasteiger partial charge in [-0.15, -0.1) is 22.7 Å². The molecular formula is C44H27N3S2. The Morgan fingerprint density at radius 2 is 1.27 bits per heavy atom. The number of aromatic nitrogens is 3. The molecule has 0 fully saturated rings. The van der Waals surface area contributed by atoms with Crippen molar-refractivity contribution in [2.24, 2.45) is 5.92 Å². The highest BCUT2D eigenvalue weighted by Gasteiger charge is 2.34. The number of hydrogen-bond donors (Lipinski definition) is 0. The van der Waals surface area contributed by atoms with E-state index in [0.29, 0.717) is 0 Å². The number of para-hydroxylation sites is 2. The lowest BCUT2D eigenvalue weighted by Gasteiger charge is -2.28. The van der Waals surface area contributed by atoms with Crippen LogP contribution in [0.5, 0.6) is 0 Å². The lowest BCUT2D eigenvalue weighted by Crippen LogP contribution is -2.16. The number of benzene rings is 5. The minimum Gasteiger partial charge on any atom is -0.308 e. The Kier molecular flexibility index (Phi) is 5.82. The molecule has 0 bridgehead atoms. The Bertz CT molecular complexity index is 2850. The van der Waals surface area contributed by atoms with Crippen molar-refractivity contribution in [3.05, 3.63) is 168 Å². The van der Waals surface area contributed by atoms with E-state index < -0.39 is 0 Å². The number of allylic oxidation sites excluding steroid dienone is 5. The van der Waals surface area contributed by atoms with Crippen molar-refractivity contribution in [2.75, 3.05) is 0 Å². The van der Waals surface area contributed by atoms with Crippen LogP contribution in [-0.2, 0) is 0 Å². The normalized spacial score (nSPS) is 16.9. The van der Waals surface area contributed by atoms with Crippen LogP contribution in [0, 0.1) is 5.92 Å². The van der Waals surface area contributed by atoms with Gasteiger partial charge in [-0.1, -0.05) is 127 Å². The predicted molar refractivity (Wildman–Crippen MR) is 208 cm³/mol. The molecule has 2 aliphatic rings. The van der Waals surface area contributed by atoms with Gasteiger partial charge in [0.05, 0.1) is 37.3 Å². The molecule has 49 heavy (non-hydrogen) atoms. The summed E-state index contributed by atoms with van der Waals surface area (Å²) in [6, 6.07) is 43.6. The largest absolute Gasteiger partial charge is 0.308 e. The second-order valence-corrected chi connectivity index (χ2v) is 14.9. The lowest BCUT2D eigenvalue weighted by molar-refractivity contribution is 0.696. The fourth-order valence-corrected chi connectivity index (χ4v) is 10.6. The van der Waals surface area contributed by atoms with Crippen molar-refractivity contribution >= 4 is 80.4 Å². The van der Waals surface area contributed by atoms with E-state index in [9.17, 15) is 0 Å². The van der Waals surface area contributed by atoms with Crippen LogP contribution in [0.15, 0.2) is 152 Å². The van der Waals surface area contributed by atoms with Crippen molar-refractivity contribution in [1.82, 2.24) is 14.5 Å². The van der Waals surface area contributed by atoms with Gasteiger partial charge in [0.25, 0.3) is 0 Å². The maximum atomic E-state index is 5.44. The number of rotatable bonds is 3. The quantitative estimate of drug-likeness (QED) is 0.189. The summed E-state index contributed by atoms with van der Waals surface area (Å²) in [6.45, 7) is 0. The molecular weight excluding hydrogens is 635 g/mol. The van der Waals surface area contributed by atoms with Crippen LogP contribution >= 0.6 is 22.7 Å². The molecule has 5 heteroatoms. The van der Waals surface area contributed by atoms with E-state index in [-0.39, 0.29) is 11.8 Å². The lowest BCUT2D eigenvalue weighted by atomic mass is 9.76. The van der Waals surface area contributed by atoms with Crippen LogP contribution in [0.1, 0.15) is 22.2 Å². The maximum absolute atomic E-state index is 5.44. The van der Waals surface area contributed by atoms with Crippen molar-refractivity contribution in [1.29, 1.82) is 0 Å². The molecule has 230 valence electrons. The number of fused-ring (bicyclic) bond motifs is 11. The zero-order valence-electron chi connectivity index (χ0n) is 26.2. The Labute approximate surface area is 290 Å². The molecule has 0 amide bonds. The standard InChI is InChI=1S/C44H27N3S2/c1-2-13-26(14-3-1)39-43-40(31-19-8-11-24-37(31)48-43)46-44(45-39)33-25-27-15-4-5-16-28(27)38-32-20-12-23-36(41(32)49-42(33)38)47-34-21-9-6-17-29(34)30-18-7-10-22-35(30)47/h1-25,27-28H. The van der Waals surface area contributed by atoms with E-state index in [1.54, 1.807) is 11.3 Å². The van der Waals surface area contributed by atoms with Crippen molar-refractivity contribution in [3.63, 3.8) is 0 Å². The molecule has 4 aromatic heterocycles. The van der Waals surface area contributed by atoms with Gasteiger partial charge >= 0.3 is 0 Å². The third-order valence-corrected chi connectivity index (χ3v) is 12.6. The highest BCUT2D eigenvalue weighted by atomic mass is 32.1. The van der Waals surface area contributed by atoms with Crippen molar-refractivity contribution < 1.29 is 0 Å². The first-order valence-corrected chi connectivity index (χ1v) is 18.3. The topological polar surface area (TPSA) is 30.7 Å². The van der Waals surface area contributed by atoms with E-state index in [1.807, 2.05) is 11.3 Å². The summed E-state index contributed by atoms with van der Waals surface area (Å²) < 4.78 is 6.12. The molecule has 2 atom stereocenters. The molecule has 0 aliphatic heterocycles. The molecule has 0 spiro atoms. The Morgan fingerprint density at radius 3 is 2.08 bits per heavy atom. The minimum absolute atomic E-state index is 0.223. The van der Waals surface area contributed by atoms with Crippen LogP contribution < -0.4 is 0 Å². The van der Waals surface area contributed by atoms with Gasteiger partial charge in [-0.05, 0) is 35.2 Å². The number of nitrogens with zero attached hydrogens (tertiary/aromatic N) is 3. The summed E-state index contributed by atoms with van der Waals surface area (Å²) in [4.78, 5) is 12.1. The van der Waals surface area contributed by atoms with Crippen molar-refractivity contribution in [2.45, 2.75) is 5.92 Å². The summed E-state index contributed by atoms with van der Waals surface area (Å²) in [5, 5.41) is 5.04. The van der Waals surface area contributed by atoms with E-state index in [1.165, 1.54) is 58.1 Å². The van der Waals surface area contributed by atoms with Gasteiger partial charge < -0.3 is 4.57 Å². The highest BCUT2D eigenvalue weighted by molar-refractivity contribution is 7.26. The average molecular weight is 662 g/mol. The average Bonchev–Trinajstić information content (AvgIpc) is 3.85. The molecule has 11 rings (SSSR count). The molecule has 0 N–H and O–H groups in total. The Hall–Kier alpha value is -5.62. The van der Waals surface area contributed by atoms with Crippen LogP contribution in [0.4, 0.5) is 0 Å². The SMILES string of the molecule is C1=CC2C=C(c3nc(-c4ccccc4)c4sc5ccccc5c4n3)c3sc4c(-n5c6ccccc6c6ccccc65)cccc4c3C2C=C1. The van der Waals surface area contributed by atoms with E-state index in [0.717, 1.165) is 32.9 Å². The maximum Gasteiger partial charge on any atom is 0.161 e. The summed E-state index contributed by atoms with van der Waals surface area (Å²) in [5.74, 6) is 1.27. The summed E-state index contributed by atoms with van der Waals surface area (Å²) in [7, 11) is 0.